The van der Waals surface area contributed by atoms with E-state index in [1.807, 2.05) is 24.9 Å². The zero-order chi connectivity index (χ0) is 14.5. The van der Waals surface area contributed by atoms with Crippen LogP contribution in [-0.4, -0.2) is 37.6 Å². The largest absolute Gasteiger partial charge is 0.483 e. The van der Waals surface area contributed by atoms with E-state index in [2.05, 4.69) is 24.4 Å². The SMILES string of the molecule is CNC(C)c1ccc(C)cc1OCC(=O)N1CCCC1. The van der Waals surface area contributed by atoms with Crippen LogP contribution < -0.4 is 10.1 Å². The number of nitrogens with zero attached hydrogens (tertiary/aromatic N) is 1. The number of nitrogens with one attached hydrogen (secondary N) is 1. The molecule has 4 heteroatoms. The Balaban J connectivity index is 2.04. The number of likely N-dealkylation sites (tertiary alicyclic amines) is 1. The molecule has 0 radical (unpaired) electrons. The van der Waals surface area contributed by atoms with Gasteiger partial charge in [-0.05, 0) is 45.4 Å². The molecule has 0 aliphatic carbocycles. The first-order valence-electron chi connectivity index (χ1n) is 7.30. The molecule has 1 saturated heterocycles. The van der Waals surface area contributed by atoms with Crippen LogP contribution in [0.15, 0.2) is 18.2 Å². The lowest BCUT2D eigenvalue weighted by Gasteiger charge is -2.19. The lowest BCUT2D eigenvalue weighted by molar-refractivity contribution is -0.132. The highest BCUT2D eigenvalue weighted by Gasteiger charge is 2.19. The smallest absolute Gasteiger partial charge is 0.260 e. The third kappa shape index (κ3) is 3.51. The Morgan fingerprint density at radius 3 is 2.75 bits per heavy atom. The third-order valence-electron chi connectivity index (χ3n) is 3.88. The molecule has 1 aliphatic rings. The van der Waals surface area contributed by atoms with Gasteiger partial charge < -0.3 is 15.0 Å². The standard InChI is InChI=1S/C16H24N2O2/c1-12-6-7-14(13(2)17-3)15(10-12)20-11-16(19)18-8-4-5-9-18/h6-7,10,13,17H,4-5,8-9,11H2,1-3H3. The van der Waals surface area contributed by atoms with Gasteiger partial charge >= 0.3 is 0 Å². The second-order valence-corrected chi connectivity index (χ2v) is 5.43. The summed E-state index contributed by atoms with van der Waals surface area (Å²) in [5.41, 5.74) is 2.23. The normalized spacial score (nSPS) is 16.2. The Labute approximate surface area is 121 Å². The van der Waals surface area contributed by atoms with E-state index in [4.69, 9.17) is 4.74 Å². The van der Waals surface area contributed by atoms with Crippen LogP contribution >= 0.6 is 0 Å². The van der Waals surface area contributed by atoms with Gasteiger partial charge in [0.05, 0.1) is 0 Å². The predicted molar refractivity (Wildman–Crippen MR) is 80.0 cm³/mol. The molecular formula is C16H24N2O2. The van der Waals surface area contributed by atoms with Gasteiger partial charge in [0.1, 0.15) is 5.75 Å². The zero-order valence-electron chi connectivity index (χ0n) is 12.6. The van der Waals surface area contributed by atoms with Crippen LogP contribution in [0, 0.1) is 6.92 Å². The molecule has 0 bridgehead atoms. The molecule has 1 aromatic rings. The molecule has 1 unspecified atom stereocenters. The average molecular weight is 276 g/mol. The van der Waals surface area contributed by atoms with E-state index in [1.54, 1.807) is 0 Å². The van der Waals surface area contributed by atoms with Crippen LogP contribution in [0.1, 0.15) is 36.9 Å². The number of amides is 1. The number of aryl methyl sites for hydroxylation is 1. The molecule has 4 nitrogen and oxygen atoms in total. The van der Waals surface area contributed by atoms with Gasteiger partial charge in [-0.15, -0.1) is 0 Å². The summed E-state index contributed by atoms with van der Waals surface area (Å²) in [6.45, 7) is 5.99. The van der Waals surface area contributed by atoms with Gasteiger partial charge in [0, 0.05) is 24.7 Å². The Morgan fingerprint density at radius 2 is 2.10 bits per heavy atom. The van der Waals surface area contributed by atoms with Gasteiger partial charge in [0.15, 0.2) is 6.61 Å². The molecule has 2 rings (SSSR count). The first kappa shape index (κ1) is 14.9. The molecule has 0 saturated carbocycles. The Hall–Kier alpha value is -1.55. The quantitative estimate of drug-likeness (QED) is 0.897. The van der Waals surface area contributed by atoms with Gasteiger partial charge in [-0.25, -0.2) is 0 Å². The van der Waals surface area contributed by atoms with Crippen molar-refractivity contribution in [3.63, 3.8) is 0 Å². The van der Waals surface area contributed by atoms with E-state index < -0.39 is 0 Å². The lowest BCUT2D eigenvalue weighted by Crippen LogP contribution is -2.32. The van der Waals surface area contributed by atoms with E-state index in [1.165, 1.54) is 0 Å². The number of carbonyl (C=O) groups is 1. The van der Waals surface area contributed by atoms with Gasteiger partial charge in [0.25, 0.3) is 5.91 Å². The van der Waals surface area contributed by atoms with Crippen LogP contribution in [0.4, 0.5) is 0 Å². The van der Waals surface area contributed by atoms with Crippen LogP contribution in [0.2, 0.25) is 0 Å². The molecule has 0 spiro atoms. The zero-order valence-corrected chi connectivity index (χ0v) is 12.6. The fourth-order valence-electron chi connectivity index (χ4n) is 2.48. The summed E-state index contributed by atoms with van der Waals surface area (Å²) in [6, 6.07) is 6.33. The van der Waals surface area contributed by atoms with E-state index in [0.29, 0.717) is 0 Å². The van der Waals surface area contributed by atoms with Crippen LogP contribution in [0.5, 0.6) is 5.75 Å². The summed E-state index contributed by atoms with van der Waals surface area (Å²) in [5.74, 6) is 0.895. The summed E-state index contributed by atoms with van der Waals surface area (Å²) >= 11 is 0. The van der Waals surface area contributed by atoms with Gasteiger partial charge in [-0.1, -0.05) is 12.1 Å². The molecule has 1 aliphatic heterocycles. The number of hydrogen-bond acceptors (Lipinski definition) is 3. The molecule has 1 heterocycles. The molecular weight excluding hydrogens is 252 g/mol. The van der Waals surface area contributed by atoms with Crippen molar-refractivity contribution in [1.82, 2.24) is 10.2 Å². The van der Waals surface area contributed by atoms with Crippen molar-refractivity contribution in [2.45, 2.75) is 32.7 Å². The van der Waals surface area contributed by atoms with Crippen LogP contribution in [0.25, 0.3) is 0 Å². The minimum Gasteiger partial charge on any atom is -0.483 e. The van der Waals surface area contributed by atoms with E-state index >= 15 is 0 Å². The summed E-state index contributed by atoms with van der Waals surface area (Å²) in [4.78, 5) is 13.9. The van der Waals surface area contributed by atoms with Crippen molar-refractivity contribution in [3.8, 4) is 5.75 Å². The fraction of sp³-hybridized carbons (Fsp3) is 0.562. The fourth-order valence-corrected chi connectivity index (χ4v) is 2.48. The maximum absolute atomic E-state index is 12.0. The number of benzene rings is 1. The molecule has 1 aromatic carbocycles. The minimum absolute atomic E-state index is 0.0899. The van der Waals surface area contributed by atoms with Crippen molar-refractivity contribution in [1.29, 1.82) is 0 Å². The minimum atomic E-state index is 0.0899. The third-order valence-corrected chi connectivity index (χ3v) is 3.88. The Bertz CT molecular complexity index is 468. The Morgan fingerprint density at radius 1 is 1.40 bits per heavy atom. The topological polar surface area (TPSA) is 41.6 Å². The lowest BCUT2D eigenvalue weighted by atomic mass is 10.1. The summed E-state index contributed by atoms with van der Waals surface area (Å²) < 4.78 is 5.78. The van der Waals surface area contributed by atoms with Crippen molar-refractivity contribution < 1.29 is 9.53 Å². The first-order chi connectivity index (χ1) is 9.61. The van der Waals surface area contributed by atoms with Crippen molar-refractivity contribution in [2.24, 2.45) is 0 Å². The molecule has 20 heavy (non-hydrogen) atoms. The van der Waals surface area contributed by atoms with E-state index in [0.717, 1.165) is 42.8 Å². The molecule has 1 amide bonds. The predicted octanol–water partition coefficient (Wildman–Crippen LogP) is 2.28. The maximum atomic E-state index is 12.0. The molecule has 110 valence electrons. The second-order valence-electron chi connectivity index (χ2n) is 5.43. The molecule has 1 N–H and O–H groups in total. The highest BCUT2D eigenvalue weighted by molar-refractivity contribution is 5.78. The van der Waals surface area contributed by atoms with Gasteiger partial charge in [0.2, 0.25) is 0 Å². The number of carbonyl (C=O) groups excluding carboxylic acids is 1. The van der Waals surface area contributed by atoms with Crippen molar-refractivity contribution in [2.75, 3.05) is 26.7 Å². The molecule has 0 aromatic heterocycles. The maximum Gasteiger partial charge on any atom is 0.260 e. The second kappa shape index (κ2) is 6.75. The highest BCUT2D eigenvalue weighted by atomic mass is 16.5. The molecule has 1 atom stereocenters. The van der Waals surface area contributed by atoms with Crippen molar-refractivity contribution in [3.05, 3.63) is 29.3 Å². The van der Waals surface area contributed by atoms with Gasteiger partial charge in [-0.2, -0.15) is 0 Å². The summed E-state index contributed by atoms with van der Waals surface area (Å²) in [5, 5.41) is 3.21. The highest BCUT2D eigenvalue weighted by Crippen LogP contribution is 2.26. The summed E-state index contributed by atoms with van der Waals surface area (Å²) in [6.07, 6.45) is 2.22. The average Bonchev–Trinajstić information content (AvgIpc) is 2.98. The summed E-state index contributed by atoms with van der Waals surface area (Å²) in [7, 11) is 1.92. The number of hydrogen-bond donors (Lipinski definition) is 1. The van der Waals surface area contributed by atoms with Crippen LogP contribution in [-0.2, 0) is 4.79 Å². The monoisotopic (exact) mass is 276 g/mol. The van der Waals surface area contributed by atoms with Crippen LogP contribution in [0.3, 0.4) is 0 Å². The molecule has 1 fully saturated rings. The Kier molecular flexibility index (Phi) is 5.01. The number of rotatable bonds is 5. The number of ether oxygens (including phenoxy) is 1. The van der Waals surface area contributed by atoms with E-state index in [9.17, 15) is 4.79 Å². The van der Waals surface area contributed by atoms with Crippen molar-refractivity contribution >= 4 is 5.91 Å². The van der Waals surface area contributed by atoms with Gasteiger partial charge in [-0.3, -0.25) is 4.79 Å². The first-order valence-corrected chi connectivity index (χ1v) is 7.30. The van der Waals surface area contributed by atoms with E-state index in [-0.39, 0.29) is 18.6 Å².